The zero-order chi connectivity index (χ0) is 13.1. The van der Waals surface area contributed by atoms with Crippen LogP contribution in [0.25, 0.3) is 0 Å². The van der Waals surface area contributed by atoms with Crippen molar-refractivity contribution in [1.29, 1.82) is 5.26 Å². The van der Waals surface area contributed by atoms with Crippen molar-refractivity contribution < 1.29 is 13.2 Å². The lowest BCUT2D eigenvalue weighted by atomic mass is 10.1. The van der Waals surface area contributed by atoms with Crippen LogP contribution in [0.1, 0.15) is 17.5 Å². The number of benzene rings is 1. The Hall–Kier alpha value is -1.54. The average Bonchev–Trinajstić information content (AvgIpc) is 2.29. The van der Waals surface area contributed by atoms with Crippen molar-refractivity contribution in [1.82, 2.24) is 0 Å². The molecule has 0 unspecified atom stereocenters. The van der Waals surface area contributed by atoms with Crippen LogP contribution in [0.4, 0.5) is 0 Å². The summed E-state index contributed by atoms with van der Waals surface area (Å²) < 4.78 is 29.1. The van der Waals surface area contributed by atoms with E-state index >= 15 is 0 Å². The van der Waals surface area contributed by atoms with E-state index in [1.54, 1.807) is 20.1 Å². The molecule has 1 aromatic carbocycles. The lowest BCUT2D eigenvalue weighted by Crippen LogP contribution is -2.09. The van der Waals surface area contributed by atoms with Crippen LogP contribution in [0.5, 0.6) is 5.75 Å². The van der Waals surface area contributed by atoms with Crippen molar-refractivity contribution in [2.75, 3.05) is 12.9 Å². The third-order valence-corrected chi connectivity index (χ3v) is 4.58. The largest absolute Gasteiger partial charge is 0.496 e. The topological polar surface area (TPSA) is 67.2 Å². The lowest BCUT2D eigenvalue weighted by molar-refractivity contribution is 0.410. The first kappa shape index (κ1) is 13.5. The first-order chi connectivity index (χ1) is 7.94. The van der Waals surface area contributed by atoms with Crippen molar-refractivity contribution >= 4 is 9.84 Å². The zero-order valence-corrected chi connectivity index (χ0v) is 11.0. The minimum absolute atomic E-state index is 0.00680. The third-order valence-electron chi connectivity index (χ3n) is 2.73. The first-order valence-electron chi connectivity index (χ1n) is 5.18. The Labute approximate surface area is 102 Å². The Morgan fingerprint density at radius 3 is 2.47 bits per heavy atom. The summed E-state index contributed by atoms with van der Waals surface area (Å²) in [4.78, 5) is 0.283. The molecule has 5 heteroatoms. The second-order valence-corrected chi connectivity index (χ2v) is 5.82. The van der Waals surface area contributed by atoms with E-state index in [0.29, 0.717) is 11.3 Å². The molecule has 0 amide bonds. The van der Waals surface area contributed by atoms with Crippen LogP contribution in [-0.4, -0.2) is 21.3 Å². The molecular weight excluding hydrogens is 238 g/mol. The summed E-state index contributed by atoms with van der Waals surface area (Å²) in [7, 11) is -1.83. The molecule has 0 saturated heterocycles. The van der Waals surface area contributed by atoms with Crippen LogP contribution >= 0.6 is 0 Å². The van der Waals surface area contributed by atoms with Crippen molar-refractivity contribution in [3.63, 3.8) is 0 Å². The SMILES string of the molecule is COc1ccc(S(=O)(=O)CCC#N)c(C)c1C. The number of nitrogens with zero attached hydrogens (tertiary/aromatic N) is 1. The van der Waals surface area contributed by atoms with Gasteiger partial charge in [0.05, 0.1) is 23.8 Å². The fourth-order valence-electron chi connectivity index (χ4n) is 1.62. The van der Waals surface area contributed by atoms with Crippen molar-refractivity contribution in [2.45, 2.75) is 25.2 Å². The van der Waals surface area contributed by atoms with Gasteiger partial charge in [0.15, 0.2) is 9.84 Å². The number of hydrogen-bond donors (Lipinski definition) is 0. The fraction of sp³-hybridized carbons (Fsp3) is 0.417. The van der Waals surface area contributed by atoms with E-state index in [2.05, 4.69) is 0 Å². The molecule has 0 aliphatic rings. The van der Waals surface area contributed by atoms with E-state index in [1.165, 1.54) is 6.07 Å². The monoisotopic (exact) mass is 253 g/mol. The molecule has 0 aliphatic heterocycles. The number of hydrogen-bond acceptors (Lipinski definition) is 4. The van der Waals surface area contributed by atoms with Gasteiger partial charge in [-0.05, 0) is 37.1 Å². The van der Waals surface area contributed by atoms with Crippen LogP contribution in [0, 0.1) is 25.2 Å². The maximum atomic E-state index is 12.0. The second-order valence-electron chi connectivity index (χ2n) is 3.74. The van der Waals surface area contributed by atoms with Gasteiger partial charge in [-0.25, -0.2) is 8.42 Å². The number of sulfone groups is 1. The molecule has 0 heterocycles. The first-order valence-corrected chi connectivity index (χ1v) is 6.83. The van der Waals surface area contributed by atoms with E-state index in [1.807, 2.05) is 13.0 Å². The molecule has 0 aliphatic carbocycles. The van der Waals surface area contributed by atoms with Crippen LogP contribution in [0.15, 0.2) is 17.0 Å². The fourth-order valence-corrected chi connectivity index (χ4v) is 3.09. The predicted octanol–water partition coefficient (Wildman–Crippen LogP) is 2.00. The molecule has 0 radical (unpaired) electrons. The van der Waals surface area contributed by atoms with Crippen molar-refractivity contribution in [3.05, 3.63) is 23.3 Å². The Kier molecular flexibility index (Phi) is 4.13. The Morgan fingerprint density at radius 1 is 1.29 bits per heavy atom. The lowest BCUT2D eigenvalue weighted by Gasteiger charge is -2.12. The van der Waals surface area contributed by atoms with Crippen LogP contribution in [-0.2, 0) is 9.84 Å². The minimum Gasteiger partial charge on any atom is -0.496 e. The van der Waals surface area contributed by atoms with Gasteiger partial charge in [0.2, 0.25) is 0 Å². The maximum Gasteiger partial charge on any atom is 0.179 e. The molecule has 1 rings (SSSR count). The molecule has 0 N–H and O–H groups in total. The molecule has 0 atom stereocenters. The zero-order valence-electron chi connectivity index (χ0n) is 10.1. The summed E-state index contributed by atoms with van der Waals surface area (Å²) in [5.74, 6) is 0.526. The number of rotatable bonds is 4. The number of methoxy groups -OCH3 is 1. The van der Waals surface area contributed by atoms with Gasteiger partial charge in [-0.15, -0.1) is 0 Å². The molecule has 17 heavy (non-hydrogen) atoms. The van der Waals surface area contributed by atoms with E-state index < -0.39 is 9.84 Å². The molecular formula is C12H15NO3S. The normalized spacial score (nSPS) is 10.9. The van der Waals surface area contributed by atoms with Gasteiger partial charge in [-0.1, -0.05) is 0 Å². The summed E-state index contributed by atoms with van der Waals surface area (Å²) in [6.07, 6.45) is 0.00680. The summed E-state index contributed by atoms with van der Waals surface area (Å²) in [5.41, 5.74) is 1.49. The average molecular weight is 253 g/mol. The highest BCUT2D eigenvalue weighted by molar-refractivity contribution is 7.91. The van der Waals surface area contributed by atoms with Gasteiger partial charge < -0.3 is 4.74 Å². The summed E-state index contributed by atoms with van der Waals surface area (Å²) in [6.45, 7) is 3.56. The highest BCUT2D eigenvalue weighted by atomic mass is 32.2. The van der Waals surface area contributed by atoms with Crippen LogP contribution in [0.3, 0.4) is 0 Å². The van der Waals surface area contributed by atoms with E-state index in [-0.39, 0.29) is 17.1 Å². The molecule has 0 saturated carbocycles. The molecule has 92 valence electrons. The number of nitriles is 1. The van der Waals surface area contributed by atoms with Crippen molar-refractivity contribution in [2.24, 2.45) is 0 Å². The quantitative estimate of drug-likeness (QED) is 0.823. The second kappa shape index (κ2) is 5.19. The van der Waals surface area contributed by atoms with E-state index in [0.717, 1.165) is 5.56 Å². The molecule has 4 nitrogen and oxygen atoms in total. The Bertz CT molecular complexity index is 556. The van der Waals surface area contributed by atoms with Gasteiger partial charge in [-0.3, -0.25) is 0 Å². The van der Waals surface area contributed by atoms with Gasteiger partial charge in [0.1, 0.15) is 5.75 Å². The predicted molar refractivity (Wildman–Crippen MR) is 64.8 cm³/mol. The third kappa shape index (κ3) is 2.77. The molecule has 1 aromatic rings. The summed E-state index contributed by atoms with van der Waals surface area (Å²) >= 11 is 0. The van der Waals surface area contributed by atoms with Gasteiger partial charge >= 0.3 is 0 Å². The highest BCUT2D eigenvalue weighted by Crippen LogP contribution is 2.27. The van der Waals surface area contributed by atoms with Crippen LogP contribution in [0.2, 0.25) is 0 Å². The van der Waals surface area contributed by atoms with E-state index in [9.17, 15) is 8.42 Å². The van der Waals surface area contributed by atoms with Crippen LogP contribution < -0.4 is 4.74 Å². The van der Waals surface area contributed by atoms with E-state index in [4.69, 9.17) is 10.00 Å². The van der Waals surface area contributed by atoms with Crippen molar-refractivity contribution in [3.8, 4) is 11.8 Å². The molecule has 0 fully saturated rings. The minimum atomic E-state index is -3.38. The molecule has 0 aromatic heterocycles. The number of ether oxygens (including phenoxy) is 1. The van der Waals surface area contributed by atoms with Gasteiger partial charge in [0, 0.05) is 6.42 Å². The maximum absolute atomic E-state index is 12.0. The Morgan fingerprint density at radius 2 is 1.94 bits per heavy atom. The smallest absolute Gasteiger partial charge is 0.179 e. The summed E-state index contributed by atoms with van der Waals surface area (Å²) in [5, 5.41) is 8.45. The summed E-state index contributed by atoms with van der Waals surface area (Å²) in [6, 6.07) is 5.02. The molecule has 0 bridgehead atoms. The van der Waals surface area contributed by atoms with Gasteiger partial charge in [0.25, 0.3) is 0 Å². The molecule has 0 spiro atoms. The highest BCUT2D eigenvalue weighted by Gasteiger charge is 2.19. The Balaban J connectivity index is 3.26. The van der Waals surface area contributed by atoms with Gasteiger partial charge in [-0.2, -0.15) is 5.26 Å². The standard InChI is InChI=1S/C12H15NO3S/c1-9-10(2)12(6-5-11(9)16-3)17(14,15)8-4-7-13/h5-6H,4,8H2,1-3H3.